The maximum Gasteiger partial charge on any atom is 1.00 e. The zero-order valence-corrected chi connectivity index (χ0v) is 42.0. The number of carbonyl (C=O) groups excluding carboxylic acids is 3. The monoisotopic (exact) mass is 882 g/mol. The fourth-order valence-corrected chi connectivity index (χ4v) is 13.1. The molecule has 15 nitrogen and oxygen atoms in total. The number of aliphatic hydroxyl groups excluding tert-OH is 1. The molecule has 4 rings (SSSR count). The van der Waals surface area contributed by atoms with E-state index in [-0.39, 0.29) is 114 Å². The maximum absolute atomic E-state index is 13.4. The minimum absolute atomic E-state index is 0. The first-order valence-corrected chi connectivity index (χ1v) is 23.1. The van der Waals surface area contributed by atoms with Crippen molar-refractivity contribution < 1.29 is 127 Å². The number of aliphatic hydroxyl groups is 1. The van der Waals surface area contributed by atoms with E-state index in [0.717, 1.165) is 0 Å². The Balaban J connectivity index is 0.00000580. The zero-order valence-electron chi connectivity index (χ0n) is 36.3. The van der Waals surface area contributed by atoms with Gasteiger partial charge in [0.15, 0.2) is 0 Å². The number of rotatable bonds is 17. The summed E-state index contributed by atoms with van der Waals surface area (Å²) in [6, 6.07) is 0. The molecule has 58 heavy (non-hydrogen) atoms. The van der Waals surface area contributed by atoms with Crippen LogP contribution in [-0.2, 0) is 57.8 Å². The second kappa shape index (κ2) is 21.7. The van der Waals surface area contributed by atoms with Gasteiger partial charge in [-0.1, -0.05) is 55.4 Å². The Bertz CT molecular complexity index is 1630. The summed E-state index contributed by atoms with van der Waals surface area (Å²) < 4.78 is 98.7. The van der Waals surface area contributed by atoms with Gasteiger partial charge in [-0.3, -0.25) is 22.7 Å². The van der Waals surface area contributed by atoms with Crippen molar-refractivity contribution in [3.63, 3.8) is 0 Å². The standard InChI is InChI=1S/C39H66O15S2.2Na/c1-10-13-30(41)51-35(36(25(12-3)21(4)5)52-31(42)14-11-2)22(6)32-34(43)37(50-23(7)40)33-26-16-15-24-19-28(53-55(44,45)46)29(54-56(47,48)49)20-39(24,9)27(26)17-18-38(32,33)8;;/h21-22,24-29,32-37,43H,10-20H2,1-9H3,(H,44,45,46)(H,47,48,49);;/q;2*+1/p-2/t22-,24?,25?,26?,27?,28-,29-,32-,33?,34+,35?,36?,37+,38+,39-;;/m0../s1. The second-order valence-corrected chi connectivity index (χ2v) is 19.8. The predicted molar refractivity (Wildman–Crippen MR) is 199 cm³/mol. The molecule has 0 aromatic heterocycles. The molecular formula is C39H64Na2O15S2. The molecule has 4 saturated carbocycles. The van der Waals surface area contributed by atoms with Crippen LogP contribution in [0.25, 0.3) is 0 Å². The van der Waals surface area contributed by atoms with E-state index in [9.17, 15) is 45.4 Å². The van der Waals surface area contributed by atoms with Crippen molar-refractivity contribution in [1.29, 1.82) is 0 Å². The van der Waals surface area contributed by atoms with Crippen molar-refractivity contribution in [1.82, 2.24) is 0 Å². The average Bonchev–Trinajstić information content (AvgIpc) is 3.27. The van der Waals surface area contributed by atoms with E-state index in [1.807, 2.05) is 48.5 Å². The van der Waals surface area contributed by atoms with E-state index in [1.165, 1.54) is 6.92 Å². The van der Waals surface area contributed by atoms with Crippen LogP contribution in [-0.4, -0.2) is 85.6 Å². The van der Waals surface area contributed by atoms with E-state index in [1.54, 1.807) is 0 Å². The van der Waals surface area contributed by atoms with Crippen molar-refractivity contribution in [2.24, 2.45) is 58.2 Å². The van der Waals surface area contributed by atoms with Crippen LogP contribution in [0, 0.1) is 58.2 Å². The third-order valence-electron chi connectivity index (χ3n) is 14.1. The Kier molecular flexibility index (Phi) is 20.3. The predicted octanol–water partition coefficient (Wildman–Crippen LogP) is -0.791. The first-order chi connectivity index (χ1) is 25.9. The van der Waals surface area contributed by atoms with Gasteiger partial charge in [0.25, 0.3) is 0 Å². The third kappa shape index (κ3) is 12.2. The molecule has 15 atom stereocenters. The normalized spacial score (nSPS) is 35.4. The van der Waals surface area contributed by atoms with Gasteiger partial charge in [-0.25, -0.2) is 16.8 Å². The number of ether oxygens (including phenoxy) is 3. The largest absolute Gasteiger partial charge is 1.00 e. The molecule has 4 fully saturated rings. The van der Waals surface area contributed by atoms with Crippen LogP contribution in [0.4, 0.5) is 0 Å². The maximum atomic E-state index is 13.4. The molecule has 0 aromatic carbocycles. The smallest absolute Gasteiger partial charge is 0.726 e. The number of esters is 3. The van der Waals surface area contributed by atoms with Crippen LogP contribution >= 0.6 is 0 Å². The number of hydrogen-bond acceptors (Lipinski definition) is 15. The van der Waals surface area contributed by atoms with Gasteiger partial charge >= 0.3 is 77.0 Å². The molecule has 7 unspecified atom stereocenters. The molecule has 0 bridgehead atoms. The Morgan fingerprint density at radius 1 is 0.810 bits per heavy atom. The third-order valence-corrected chi connectivity index (χ3v) is 15.1. The molecule has 0 spiro atoms. The molecule has 0 radical (unpaired) electrons. The molecule has 0 amide bonds. The molecule has 19 heteroatoms. The summed E-state index contributed by atoms with van der Waals surface area (Å²) in [6.45, 7) is 17.0. The number of fused-ring (bicyclic) bond motifs is 5. The summed E-state index contributed by atoms with van der Waals surface area (Å²) >= 11 is 0. The van der Waals surface area contributed by atoms with Gasteiger partial charge in [-0.2, -0.15) is 0 Å². The average molecular weight is 883 g/mol. The van der Waals surface area contributed by atoms with Crippen molar-refractivity contribution in [2.75, 3.05) is 0 Å². The number of carbonyl (C=O) groups is 3. The van der Waals surface area contributed by atoms with Crippen molar-refractivity contribution >= 4 is 38.7 Å². The SMILES string of the molecule is CCCC(=O)OC(C(CC)C(C)C)C(OC(=O)CCC)[C@@H](C)[C@H]1[C@@H](O)[C@H](OC(C)=O)C2C3CCC4C[C@H](OS(=O)(=O)[O-])[C@@H](OS(=O)(=O)[O-])C[C@]4(C)C3CC[C@@]21C.[Na+].[Na+]. The summed E-state index contributed by atoms with van der Waals surface area (Å²) in [5.74, 6) is -3.72. The van der Waals surface area contributed by atoms with Crippen LogP contribution in [0.15, 0.2) is 0 Å². The molecular weight excluding hydrogens is 819 g/mol. The van der Waals surface area contributed by atoms with Gasteiger partial charge in [0.05, 0.1) is 6.10 Å². The van der Waals surface area contributed by atoms with Crippen molar-refractivity contribution in [3.05, 3.63) is 0 Å². The van der Waals surface area contributed by atoms with Crippen LogP contribution in [0.2, 0.25) is 0 Å². The molecule has 324 valence electrons. The first kappa shape index (κ1) is 54.2. The van der Waals surface area contributed by atoms with Crippen LogP contribution in [0.3, 0.4) is 0 Å². The van der Waals surface area contributed by atoms with Crippen LogP contribution in [0.5, 0.6) is 0 Å². The van der Waals surface area contributed by atoms with Crippen LogP contribution in [0.1, 0.15) is 133 Å². The van der Waals surface area contributed by atoms with E-state index in [0.29, 0.717) is 44.9 Å². The van der Waals surface area contributed by atoms with Gasteiger partial charge in [-0.15, -0.1) is 0 Å². The van der Waals surface area contributed by atoms with Crippen LogP contribution < -0.4 is 59.1 Å². The van der Waals surface area contributed by atoms with E-state index < -0.39 is 104 Å². The zero-order chi connectivity index (χ0) is 42.1. The molecule has 4 aliphatic carbocycles. The van der Waals surface area contributed by atoms with Gasteiger partial charge in [0, 0.05) is 43.4 Å². The van der Waals surface area contributed by atoms with Gasteiger partial charge < -0.3 is 28.4 Å². The molecule has 1 N–H and O–H groups in total. The fourth-order valence-electron chi connectivity index (χ4n) is 12.1. The Labute approximate surface area is 390 Å². The molecule has 0 heterocycles. The molecule has 4 aliphatic rings. The minimum Gasteiger partial charge on any atom is -0.726 e. The quantitative estimate of drug-likeness (QED) is 0.0620. The Morgan fingerprint density at radius 3 is 1.83 bits per heavy atom. The summed E-state index contributed by atoms with van der Waals surface area (Å²) in [7, 11) is -10.6. The molecule has 0 aromatic rings. The Hall–Kier alpha value is 0.110. The van der Waals surface area contributed by atoms with E-state index in [2.05, 4.69) is 6.92 Å². The summed E-state index contributed by atoms with van der Waals surface area (Å²) in [5.41, 5.74) is -1.41. The Morgan fingerprint density at radius 2 is 1.34 bits per heavy atom. The fraction of sp³-hybridized carbons (Fsp3) is 0.923. The number of hydrogen-bond donors (Lipinski definition) is 1. The van der Waals surface area contributed by atoms with E-state index >= 15 is 0 Å². The first-order valence-electron chi connectivity index (χ1n) is 20.4. The summed E-state index contributed by atoms with van der Waals surface area (Å²) in [4.78, 5) is 39.3. The van der Waals surface area contributed by atoms with E-state index in [4.69, 9.17) is 22.6 Å². The molecule has 0 saturated heterocycles. The van der Waals surface area contributed by atoms with Gasteiger partial charge in [-0.05, 0) is 92.3 Å². The molecule has 0 aliphatic heterocycles. The minimum atomic E-state index is -5.31. The van der Waals surface area contributed by atoms with Crippen molar-refractivity contribution in [3.8, 4) is 0 Å². The van der Waals surface area contributed by atoms with Crippen molar-refractivity contribution in [2.45, 2.75) is 170 Å². The summed E-state index contributed by atoms with van der Waals surface area (Å²) in [5, 5.41) is 12.5. The summed E-state index contributed by atoms with van der Waals surface area (Å²) in [6.07, 6.45) is -2.75. The van der Waals surface area contributed by atoms with Gasteiger partial charge in [0.1, 0.15) is 30.5 Å². The second-order valence-electron chi connectivity index (χ2n) is 17.8. The topological polar surface area (TPSA) is 232 Å². The van der Waals surface area contributed by atoms with Gasteiger partial charge in [0.2, 0.25) is 20.8 Å².